The van der Waals surface area contributed by atoms with Crippen LogP contribution in [0.4, 0.5) is 0 Å². The van der Waals surface area contributed by atoms with Crippen molar-refractivity contribution in [3.05, 3.63) is 29.3 Å². The summed E-state index contributed by atoms with van der Waals surface area (Å²) < 4.78 is 6.07. The van der Waals surface area contributed by atoms with Gasteiger partial charge in [-0.15, -0.1) is 0 Å². The lowest BCUT2D eigenvalue weighted by atomic mass is 9.84. The molecule has 1 aliphatic rings. The minimum Gasteiger partial charge on any atom is -0.492 e. The first-order valence-corrected chi connectivity index (χ1v) is 8.52. The molecular weight excluding hydrogens is 258 g/mol. The number of hydrogen-bond donors (Lipinski definition) is 1. The zero-order valence-corrected chi connectivity index (χ0v) is 14.1. The maximum Gasteiger partial charge on any atom is 0.119 e. The van der Waals surface area contributed by atoms with Crippen LogP contribution in [0.1, 0.15) is 63.0 Å². The Balaban J connectivity index is 1.93. The first-order valence-electron chi connectivity index (χ1n) is 8.52. The highest BCUT2D eigenvalue weighted by molar-refractivity contribution is 5.36. The Labute approximate surface area is 130 Å². The van der Waals surface area contributed by atoms with E-state index in [0.717, 1.165) is 18.3 Å². The number of likely N-dealkylation sites (N-methyl/N-ethyl adjacent to an activating group) is 1. The van der Waals surface area contributed by atoms with Gasteiger partial charge in [-0.3, -0.25) is 0 Å². The molecule has 21 heavy (non-hydrogen) atoms. The van der Waals surface area contributed by atoms with E-state index in [1.807, 2.05) is 0 Å². The molecule has 2 nitrogen and oxygen atoms in total. The molecule has 2 heteroatoms. The van der Waals surface area contributed by atoms with E-state index >= 15 is 0 Å². The van der Waals surface area contributed by atoms with Crippen LogP contribution in [0.3, 0.4) is 0 Å². The Kier molecular flexibility index (Phi) is 6.10. The molecule has 0 saturated heterocycles. The summed E-state index contributed by atoms with van der Waals surface area (Å²) in [5.41, 5.74) is 2.75. The van der Waals surface area contributed by atoms with Crippen molar-refractivity contribution in [1.29, 1.82) is 0 Å². The van der Waals surface area contributed by atoms with E-state index in [4.69, 9.17) is 4.74 Å². The first-order chi connectivity index (χ1) is 10.1. The van der Waals surface area contributed by atoms with E-state index in [2.05, 4.69) is 51.3 Å². The highest BCUT2D eigenvalue weighted by Crippen LogP contribution is 2.28. The third kappa shape index (κ3) is 4.47. The van der Waals surface area contributed by atoms with Crippen molar-refractivity contribution in [3.8, 4) is 5.75 Å². The molecule has 1 saturated carbocycles. The Morgan fingerprint density at radius 1 is 1.19 bits per heavy atom. The van der Waals surface area contributed by atoms with Gasteiger partial charge in [0.2, 0.25) is 0 Å². The molecule has 1 N–H and O–H groups in total. The second-order valence-electron chi connectivity index (χ2n) is 6.78. The maximum atomic E-state index is 6.07. The van der Waals surface area contributed by atoms with Crippen molar-refractivity contribution in [3.63, 3.8) is 0 Å². The van der Waals surface area contributed by atoms with E-state index in [9.17, 15) is 0 Å². The van der Waals surface area contributed by atoms with Gasteiger partial charge in [0, 0.05) is 6.04 Å². The third-order valence-corrected chi connectivity index (χ3v) is 4.88. The number of aryl methyl sites for hydroxylation is 1. The normalized spacial score (nSPS) is 18.0. The zero-order chi connectivity index (χ0) is 15.2. The van der Waals surface area contributed by atoms with Crippen LogP contribution in [0.15, 0.2) is 18.2 Å². The van der Waals surface area contributed by atoms with Crippen molar-refractivity contribution >= 4 is 0 Å². The van der Waals surface area contributed by atoms with Crippen LogP contribution >= 0.6 is 0 Å². The highest BCUT2D eigenvalue weighted by atomic mass is 16.5. The summed E-state index contributed by atoms with van der Waals surface area (Å²) >= 11 is 0. The lowest BCUT2D eigenvalue weighted by Gasteiger charge is -2.30. The van der Waals surface area contributed by atoms with Crippen LogP contribution < -0.4 is 10.1 Å². The van der Waals surface area contributed by atoms with Gasteiger partial charge in [0.1, 0.15) is 12.4 Å². The van der Waals surface area contributed by atoms with Crippen molar-refractivity contribution in [2.24, 2.45) is 5.92 Å². The van der Waals surface area contributed by atoms with Crippen molar-refractivity contribution < 1.29 is 4.74 Å². The van der Waals surface area contributed by atoms with E-state index in [1.165, 1.54) is 43.2 Å². The molecule has 0 amide bonds. The molecule has 0 radical (unpaired) electrons. The summed E-state index contributed by atoms with van der Waals surface area (Å²) in [7, 11) is 2.07. The molecule has 0 aromatic heterocycles. The third-order valence-electron chi connectivity index (χ3n) is 4.88. The average Bonchev–Trinajstić information content (AvgIpc) is 2.48. The Hall–Kier alpha value is -1.02. The number of ether oxygens (including phenoxy) is 1. The largest absolute Gasteiger partial charge is 0.492 e. The first kappa shape index (κ1) is 16.4. The number of hydrogen-bond acceptors (Lipinski definition) is 2. The van der Waals surface area contributed by atoms with Crippen LogP contribution in [-0.4, -0.2) is 19.7 Å². The molecule has 1 unspecified atom stereocenters. The SMILES string of the molecule is CNC(COc1ccc(C(C)C)c(C)c1)C1CCCCC1. The molecule has 1 fully saturated rings. The zero-order valence-electron chi connectivity index (χ0n) is 14.1. The molecule has 1 aromatic carbocycles. The van der Waals surface area contributed by atoms with E-state index < -0.39 is 0 Å². The van der Waals surface area contributed by atoms with Crippen LogP contribution in [0.5, 0.6) is 5.75 Å². The molecule has 1 aromatic rings. The molecule has 2 rings (SSSR count). The molecule has 1 atom stereocenters. The summed E-state index contributed by atoms with van der Waals surface area (Å²) in [5.74, 6) is 2.36. The lowest BCUT2D eigenvalue weighted by molar-refractivity contribution is 0.192. The number of benzene rings is 1. The summed E-state index contributed by atoms with van der Waals surface area (Å²) in [6.45, 7) is 7.44. The minimum absolute atomic E-state index is 0.482. The van der Waals surface area contributed by atoms with E-state index in [-0.39, 0.29) is 0 Å². The van der Waals surface area contributed by atoms with Crippen LogP contribution in [-0.2, 0) is 0 Å². The lowest BCUT2D eigenvalue weighted by Crippen LogP contribution is -2.39. The standard InChI is InChI=1S/C19H31NO/c1-14(2)18-11-10-17(12-15(18)3)21-13-19(20-4)16-8-6-5-7-9-16/h10-12,14,16,19-20H,5-9,13H2,1-4H3. The van der Waals surface area contributed by atoms with Crippen LogP contribution in [0.25, 0.3) is 0 Å². The van der Waals surface area contributed by atoms with Gasteiger partial charge in [-0.1, -0.05) is 39.2 Å². The summed E-state index contributed by atoms with van der Waals surface area (Å²) in [6.07, 6.45) is 6.86. The minimum atomic E-state index is 0.482. The highest BCUT2D eigenvalue weighted by Gasteiger charge is 2.22. The predicted molar refractivity (Wildman–Crippen MR) is 90.2 cm³/mol. The van der Waals surface area contributed by atoms with Crippen LogP contribution in [0, 0.1) is 12.8 Å². The van der Waals surface area contributed by atoms with E-state index in [1.54, 1.807) is 0 Å². The van der Waals surface area contributed by atoms with Gasteiger partial charge in [-0.2, -0.15) is 0 Å². The Morgan fingerprint density at radius 2 is 1.90 bits per heavy atom. The average molecular weight is 289 g/mol. The predicted octanol–water partition coefficient (Wildman–Crippen LogP) is 4.67. The fourth-order valence-electron chi connectivity index (χ4n) is 3.56. The van der Waals surface area contributed by atoms with Gasteiger partial charge in [0.05, 0.1) is 0 Å². The quantitative estimate of drug-likeness (QED) is 0.822. The van der Waals surface area contributed by atoms with Gasteiger partial charge in [-0.05, 0) is 61.9 Å². The Morgan fingerprint density at radius 3 is 2.48 bits per heavy atom. The van der Waals surface area contributed by atoms with Gasteiger partial charge < -0.3 is 10.1 Å². The molecule has 118 valence electrons. The van der Waals surface area contributed by atoms with Gasteiger partial charge in [0.25, 0.3) is 0 Å². The fourth-order valence-corrected chi connectivity index (χ4v) is 3.56. The van der Waals surface area contributed by atoms with Crippen molar-refractivity contribution in [2.45, 2.75) is 64.8 Å². The Bertz CT molecular complexity index is 435. The van der Waals surface area contributed by atoms with Crippen molar-refractivity contribution in [1.82, 2.24) is 5.32 Å². The smallest absolute Gasteiger partial charge is 0.119 e. The second kappa shape index (κ2) is 7.84. The fraction of sp³-hybridized carbons (Fsp3) is 0.684. The topological polar surface area (TPSA) is 21.3 Å². The van der Waals surface area contributed by atoms with E-state index in [0.29, 0.717) is 12.0 Å². The summed E-state index contributed by atoms with van der Waals surface area (Å²) in [4.78, 5) is 0. The molecular formula is C19H31NO. The van der Waals surface area contributed by atoms with Gasteiger partial charge in [-0.25, -0.2) is 0 Å². The molecule has 1 aliphatic carbocycles. The monoisotopic (exact) mass is 289 g/mol. The van der Waals surface area contributed by atoms with Gasteiger partial charge in [0.15, 0.2) is 0 Å². The number of rotatable bonds is 6. The molecule has 0 aliphatic heterocycles. The maximum absolute atomic E-state index is 6.07. The van der Waals surface area contributed by atoms with Gasteiger partial charge >= 0.3 is 0 Å². The molecule has 0 bridgehead atoms. The van der Waals surface area contributed by atoms with Crippen molar-refractivity contribution in [2.75, 3.05) is 13.7 Å². The number of nitrogens with one attached hydrogen (secondary N) is 1. The molecule has 0 heterocycles. The second-order valence-corrected chi connectivity index (χ2v) is 6.78. The summed E-state index contributed by atoms with van der Waals surface area (Å²) in [5, 5.41) is 3.46. The molecule has 0 spiro atoms. The summed E-state index contributed by atoms with van der Waals surface area (Å²) in [6, 6.07) is 7.00. The van der Waals surface area contributed by atoms with Crippen LogP contribution in [0.2, 0.25) is 0 Å².